The third kappa shape index (κ3) is 4.45. The minimum atomic E-state index is -0.0588. The first kappa shape index (κ1) is 16.7. The topological polar surface area (TPSA) is 32.3 Å². The van der Waals surface area contributed by atoms with Crippen molar-refractivity contribution < 1.29 is 4.79 Å². The molecule has 0 unspecified atom stereocenters. The van der Waals surface area contributed by atoms with E-state index in [9.17, 15) is 4.79 Å². The number of aryl methyl sites for hydroxylation is 1. The monoisotopic (exact) mass is 322 g/mol. The van der Waals surface area contributed by atoms with E-state index in [1.54, 1.807) is 0 Å². The minimum absolute atomic E-state index is 0.0588. The van der Waals surface area contributed by atoms with E-state index in [4.69, 9.17) is 0 Å². The summed E-state index contributed by atoms with van der Waals surface area (Å²) >= 11 is 0. The first-order chi connectivity index (χ1) is 11.6. The number of benzene rings is 2. The third-order valence-electron chi connectivity index (χ3n) is 4.77. The molecule has 3 rings (SSSR count). The smallest absolute Gasteiger partial charge is 0.255 e. The molecular weight excluding hydrogens is 296 g/mol. The van der Waals surface area contributed by atoms with Gasteiger partial charge in [0.2, 0.25) is 0 Å². The van der Waals surface area contributed by atoms with Gasteiger partial charge in [-0.1, -0.05) is 36.8 Å². The number of nitrogens with zero attached hydrogens (tertiary/aromatic N) is 1. The summed E-state index contributed by atoms with van der Waals surface area (Å²) in [7, 11) is 0. The van der Waals surface area contributed by atoms with Gasteiger partial charge in [0.05, 0.1) is 0 Å². The van der Waals surface area contributed by atoms with Gasteiger partial charge >= 0.3 is 0 Å². The summed E-state index contributed by atoms with van der Waals surface area (Å²) in [4.78, 5) is 14.8. The first-order valence-corrected chi connectivity index (χ1v) is 8.79. The molecule has 3 heteroatoms. The van der Waals surface area contributed by atoms with Gasteiger partial charge in [-0.25, -0.2) is 0 Å². The maximum absolute atomic E-state index is 12.3. The highest BCUT2D eigenvalue weighted by Gasteiger charge is 2.15. The average molecular weight is 322 g/mol. The van der Waals surface area contributed by atoms with Gasteiger partial charge in [0, 0.05) is 17.8 Å². The van der Waals surface area contributed by atoms with Crippen molar-refractivity contribution in [3.63, 3.8) is 0 Å². The number of carbonyl (C=O) groups excluding carboxylic acids is 1. The molecule has 3 nitrogen and oxygen atoms in total. The zero-order chi connectivity index (χ0) is 16.9. The molecule has 1 aliphatic heterocycles. The zero-order valence-electron chi connectivity index (χ0n) is 14.6. The van der Waals surface area contributed by atoms with Crippen molar-refractivity contribution in [2.24, 2.45) is 5.92 Å². The Hall–Kier alpha value is -2.13. The Bertz CT molecular complexity index is 685. The Morgan fingerprint density at radius 2 is 1.83 bits per heavy atom. The lowest BCUT2D eigenvalue weighted by molar-refractivity contribution is 0.102. The van der Waals surface area contributed by atoms with E-state index >= 15 is 0 Å². The molecule has 0 aliphatic carbocycles. The lowest BCUT2D eigenvalue weighted by Crippen LogP contribution is -2.32. The average Bonchev–Trinajstić information content (AvgIpc) is 2.59. The lowest BCUT2D eigenvalue weighted by Gasteiger charge is -2.30. The predicted molar refractivity (Wildman–Crippen MR) is 99.2 cm³/mol. The molecule has 0 atom stereocenters. The second-order valence-electron chi connectivity index (χ2n) is 6.98. The summed E-state index contributed by atoms with van der Waals surface area (Å²) < 4.78 is 0. The second-order valence-corrected chi connectivity index (χ2v) is 6.98. The highest BCUT2D eigenvalue weighted by Crippen LogP contribution is 2.19. The van der Waals surface area contributed by atoms with Crippen LogP contribution in [0.25, 0.3) is 0 Å². The van der Waals surface area contributed by atoms with Crippen molar-refractivity contribution in [2.75, 3.05) is 18.4 Å². The van der Waals surface area contributed by atoms with Crippen LogP contribution in [0.1, 0.15) is 41.3 Å². The van der Waals surface area contributed by atoms with E-state index in [1.807, 2.05) is 43.3 Å². The highest BCUT2D eigenvalue weighted by molar-refractivity contribution is 6.04. The number of nitrogens with one attached hydrogen (secondary N) is 1. The fourth-order valence-corrected chi connectivity index (χ4v) is 3.16. The Balaban J connectivity index is 1.57. The molecule has 1 amide bonds. The van der Waals surface area contributed by atoms with Crippen LogP contribution in [0.5, 0.6) is 0 Å². The molecule has 2 aromatic carbocycles. The Morgan fingerprint density at radius 1 is 1.12 bits per heavy atom. The molecule has 2 aromatic rings. The SMILES string of the molecule is Cc1cccc(C(=O)Nc2ccc(CN3CCC(C)CC3)cc2)c1. The number of carbonyl (C=O) groups is 1. The van der Waals surface area contributed by atoms with Crippen LogP contribution in [0.3, 0.4) is 0 Å². The van der Waals surface area contributed by atoms with E-state index in [0.717, 1.165) is 23.7 Å². The molecule has 126 valence electrons. The van der Waals surface area contributed by atoms with Gasteiger partial charge in [0.15, 0.2) is 0 Å². The third-order valence-corrected chi connectivity index (χ3v) is 4.77. The molecule has 1 N–H and O–H groups in total. The van der Waals surface area contributed by atoms with Crippen molar-refractivity contribution in [1.29, 1.82) is 0 Å². The predicted octanol–water partition coefficient (Wildman–Crippen LogP) is 4.48. The van der Waals surface area contributed by atoms with Gasteiger partial charge in [0.25, 0.3) is 5.91 Å². The highest BCUT2D eigenvalue weighted by atomic mass is 16.1. The minimum Gasteiger partial charge on any atom is -0.322 e. The summed E-state index contributed by atoms with van der Waals surface area (Å²) in [6.07, 6.45) is 2.59. The van der Waals surface area contributed by atoms with E-state index < -0.39 is 0 Å². The maximum Gasteiger partial charge on any atom is 0.255 e. The van der Waals surface area contributed by atoms with Gasteiger partial charge in [-0.3, -0.25) is 9.69 Å². The summed E-state index contributed by atoms with van der Waals surface area (Å²) in [5.74, 6) is 0.803. The Kier molecular flexibility index (Phi) is 5.31. The van der Waals surface area contributed by atoms with Crippen molar-refractivity contribution in [3.05, 3.63) is 65.2 Å². The summed E-state index contributed by atoms with van der Waals surface area (Å²) in [6, 6.07) is 15.9. The molecule has 1 heterocycles. The number of anilines is 1. The van der Waals surface area contributed by atoms with Gasteiger partial charge in [-0.05, 0) is 68.6 Å². The van der Waals surface area contributed by atoms with E-state index in [0.29, 0.717) is 5.56 Å². The summed E-state index contributed by atoms with van der Waals surface area (Å²) in [5.41, 5.74) is 3.94. The van der Waals surface area contributed by atoms with Crippen LogP contribution in [0.4, 0.5) is 5.69 Å². The maximum atomic E-state index is 12.3. The number of likely N-dealkylation sites (tertiary alicyclic amines) is 1. The Morgan fingerprint density at radius 3 is 2.50 bits per heavy atom. The molecule has 0 radical (unpaired) electrons. The molecule has 24 heavy (non-hydrogen) atoms. The Labute approximate surface area is 144 Å². The van der Waals surface area contributed by atoms with E-state index in [2.05, 4.69) is 29.3 Å². The normalized spacial score (nSPS) is 16.1. The standard InChI is InChI=1S/C21H26N2O/c1-16-10-12-23(13-11-16)15-18-6-8-20(9-7-18)22-21(24)19-5-3-4-17(2)14-19/h3-9,14,16H,10-13,15H2,1-2H3,(H,22,24). The molecule has 0 bridgehead atoms. The van der Waals surface area contributed by atoms with Crippen LogP contribution in [0, 0.1) is 12.8 Å². The largest absolute Gasteiger partial charge is 0.322 e. The van der Waals surface area contributed by atoms with Crippen LogP contribution >= 0.6 is 0 Å². The fraction of sp³-hybridized carbons (Fsp3) is 0.381. The van der Waals surface area contributed by atoms with Crippen LogP contribution in [-0.4, -0.2) is 23.9 Å². The fourth-order valence-electron chi connectivity index (χ4n) is 3.16. The molecular formula is C21H26N2O. The van der Waals surface area contributed by atoms with Crippen LogP contribution in [0.2, 0.25) is 0 Å². The van der Waals surface area contributed by atoms with Gasteiger partial charge in [-0.2, -0.15) is 0 Å². The molecule has 1 saturated heterocycles. The second kappa shape index (κ2) is 7.63. The van der Waals surface area contributed by atoms with Crippen LogP contribution in [-0.2, 0) is 6.54 Å². The van der Waals surface area contributed by atoms with E-state index in [1.165, 1.54) is 31.5 Å². The van der Waals surface area contributed by atoms with Crippen LogP contribution < -0.4 is 5.32 Å². The number of piperidine rings is 1. The van der Waals surface area contributed by atoms with Gasteiger partial charge in [-0.15, -0.1) is 0 Å². The van der Waals surface area contributed by atoms with Crippen molar-refractivity contribution >= 4 is 11.6 Å². The number of amides is 1. The van der Waals surface area contributed by atoms with Gasteiger partial charge < -0.3 is 5.32 Å². The summed E-state index contributed by atoms with van der Waals surface area (Å²) in [5, 5.41) is 2.97. The number of hydrogen-bond acceptors (Lipinski definition) is 2. The van der Waals surface area contributed by atoms with Crippen molar-refractivity contribution in [3.8, 4) is 0 Å². The number of rotatable bonds is 4. The van der Waals surface area contributed by atoms with Gasteiger partial charge in [0.1, 0.15) is 0 Å². The van der Waals surface area contributed by atoms with Crippen molar-refractivity contribution in [2.45, 2.75) is 33.2 Å². The molecule has 0 spiro atoms. The molecule has 0 saturated carbocycles. The first-order valence-electron chi connectivity index (χ1n) is 8.79. The quantitative estimate of drug-likeness (QED) is 0.900. The lowest BCUT2D eigenvalue weighted by atomic mass is 9.99. The van der Waals surface area contributed by atoms with Crippen molar-refractivity contribution in [1.82, 2.24) is 4.90 Å². The molecule has 0 aromatic heterocycles. The van der Waals surface area contributed by atoms with Crippen LogP contribution in [0.15, 0.2) is 48.5 Å². The summed E-state index contributed by atoms with van der Waals surface area (Å²) in [6.45, 7) is 7.70. The molecule has 1 fully saturated rings. The zero-order valence-corrected chi connectivity index (χ0v) is 14.6. The van der Waals surface area contributed by atoms with E-state index in [-0.39, 0.29) is 5.91 Å². The number of hydrogen-bond donors (Lipinski definition) is 1. The molecule has 1 aliphatic rings.